The SMILES string of the molecule is B1C2CCCC1CCC2.[H-].[Li+]. The van der Waals surface area contributed by atoms with E-state index in [-0.39, 0.29) is 20.3 Å². The van der Waals surface area contributed by atoms with Crippen molar-refractivity contribution in [3.8, 4) is 0 Å². The van der Waals surface area contributed by atoms with Gasteiger partial charge < -0.3 is 1.43 Å². The van der Waals surface area contributed by atoms with Gasteiger partial charge in [-0.3, -0.25) is 0 Å². The zero-order valence-electron chi connectivity index (χ0n) is 8.10. The molecule has 2 saturated heterocycles. The molecule has 0 aliphatic carbocycles. The summed E-state index contributed by atoms with van der Waals surface area (Å²) in [7, 11) is 1.58. The maximum absolute atomic E-state index is 1.58. The fraction of sp³-hybridized carbons (Fsp3) is 1.00. The van der Waals surface area contributed by atoms with Crippen molar-refractivity contribution in [2.24, 2.45) is 0 Å². The molecule has 0 nitrogen and oxygen atoms in total. The van der Waals surface area contributed by atoms with Crippen molar-refractivity contribution in [1.82, 2.24) is 0 Å². The van der Waals surface area contributed by atoms with Crippen molar-refractivity contribution in [2.75, 3.05) is 0 Å². The molecule has 2 rings (SSSR count). The summed E-state index contributed by atoms with van der Waals surface area (Å²) >= 11 is 0. The molecular formula is C8H16BLi. The maximum Gasteiger partial charge on any atom is 1.00 e. The average Bonchev–Trinajstić information content (AvgIpc) is 1.88. The third-order valence-electron chi connectivity index (χ3n) is 3.12. The molecule has 52 valence electrons. The second kappa shape index (κ2) is 3.88. The van der Waals surface area contributed by atoms with Crippen LogP contribution in [0.15, 0.2) is 0 Å². The summed E-state index contributed by atoms with van der Waals surface area (Å²) in [6.07, 6.45) is 9.28. The molecule has 0 saturated carbocycles. The van der Waals surface area contributed by atoms with Crippen LogP contribution in [0.4, 0.5) is 0 Å². The summed E-state index contributed by atoms with van der Waals surface area (Å²) in [6, 6.07) is 0. The van der Waals surface area contributed by atoms with E-state index >= 15 is 0 Å². The van der Waals surface area contributed by atoms with E-state index in [2.05, 4.69) is 0 Å². The number of hydrogen-bond donors (Lipinski definition) is 0. The normalized spacial score (nSPS) is 37.6. The first-order valence-electron chi connectivity index (χ1n) is 4.45. The van der Waals surface area contributed by atoms with E-state index < -0.39 is 0 Å². The Balaban J connectivity index is 0.000000500. The average molecular weight is 130 g/mol. The fourth-order valence-electron chi connectivity index (χ4n) is 2.62. The molecule has 2 heteroatoms. The number of rotatable bonds is 0. The van der Waals surface area contributed by atoms with Gasteiger partial charge in [0.05, 0.1) is 0 Å². The Bertz CT molecular complexity index is 90.3. The monoisotopic (exact) mass is 130 g/mol. The minimum atomic E-state index is 0. The van der Waals surface area contributed by atoms with Crippen LogP contribution < -0.4 is 18.9 Å². The number of hydrogen-bond acceptors (Lipinski definition) is 0. The quantitative estimate of drug-likeness (QED) is 0.387. The topological polar surface area (TPSA) is 0 Å². The van der Waals surface area contributed by atoms with Crippen LogP contribution in [0.5, 0.6) is 0 Å². The Morgan fingerprint density at radius 3 is 1.60 bits per heavy atom. The van der Waals surface area contributed by atoms with E-state index in [4.69, 9.17) is 0 Å². The molecule has 0 aromatic carbocycles. The zero-order chi connectivity index (χ0) is 6.10. The fourth-order valence-corrected chi connectivity index (χ4v) is 2.62. The van der Waals surface area contributed by atoms with Crippen LogP contribution in [0, 0.1) is 0 Å². The standard InChI is InChI=1S/C8H15B.Li.H/c1-3-7-5-2-6-8(4-1)9-7;;/h7-9H,1-6H2;;/q;+1;-1. The van der Waals surface area contributed by atoms with Crippen molar-refractivity contribution < 1.29 is 20.3 Å². The predicted molar refractivity (Wildman–Crippen MR) is 43.5 cm³/mol. The van der Waals surface area contributed by atoms with Gasteiger partial charge in [-0.2, -0.15) is 0 Å². The van der Waals surface area contributed by atoms with Crippen LogP contribution in [-0.4, -0.2) is 7.28 Å². The van der Waals surface area contributed by atoms with Gasteiger partial charge in [0.1, 0.15) is 7.28 Å². The Morgan fingerprint density at radius 2 is 1.30 bits per heavy atom. The Hall–Kier alpha value is 0.662. The van der Waals surface area contributed by atoms with Crippen molar-refractivity contribution >= 4 is 7.28 Å². The molecule has 0 atom stereocenters. The minimum Gasteiger partial charge on any atom is -1.00 e. The van der Waals surface area contributed by atoms with Gasteiger partial charge in [-0.25, -0.2) is 0 Å². The second-order valence-corrected chi connectivity index (χ2v) is 3.83. The van der Waals surface area contributed by atoms with Gasteiger partial charge >= 0.3 is 18.9 Å². The van der Waals surface area contributed by atoms with Crippen LogP contribution in [0.2, 0.25) is 11.6 Å². The third kappa shape index (κ3) is 1.83. The molecule has 2 aliphatic rings. The summed E-state index contributed by atoms with van der Waals surface area (Å²) in [5.41, 5.74) is 0. The first-order chi connectivity index (χ1) is 4.45. The molecule has 2 fully saturated rings. The van der Waals surface area contributed by atoms with Gasteiger partial charge in [0, 0.05) is 0 Å². The minimum absolute atomic E-state index is 0. The Kier molecular flexibility index (Phi) is 3.40. The first kappa shape index (κ1) is 8.76. The summed E-state index contributed by atoms with van der Waals surface area (Å²) < 4.78 is 0. The summed E-state index contributed by atoms with van der Waals surface area (Å²) in [4.78, 5) is 0. The molecule has 0 aromatic heterocycles. The zero-order valence-corrected chi connectivity index (χ0v) is 7.10. The van der Waals surface area contributed by atoms with Crippen LogP contribution in [-0.2, 0) is 0 Å². The molecule has 10 heavy (non-hydrogen) atoms. The van der Waals surface area contributed by atoms with Crippen molar-refractivity contribution in [1.29, 1.82) is 0 Å². The second-order valence-electron chi connectivity index (χ2n) is 3.83. The molecule has 0 aromatic rings. The van der Waals surface area contributed by atoms with Gasteiger partial charge in [-0.15, -0.1) is 0 Å². The van der Waals surface area contributed by atoms with E-state index in [0.29, 0.717) is 0 Å². The Labute approximate surface area is 78.1 Å². The molecule has 0 radical (unpaired) electrons. The van der Waals surface area contributed by atoms with Gasteiger partial charge in [-0.05, 0) is 0 Å². The molecule has 0 spiro atoms. The smallest absolute Gasteiger partial charge is 1.00 e. The van der Waals surface area contributed by atoms with E-state index in [1.807, 2.05) is 0 Å². The molecule has 2 aliphatic heterocycles. The van der Waals surface area contributed by atoms with Crippen molar-refractivity contribution in [2.45, 2.75) is 50.2 Å². The van der Waals surface area contributed by atoms with E-state index in [0.717, 1.165) is 11.6 Å². The third-order valence-corrected chi connectivity index (χ3v) is 3.12. The predicted octanol–water partition coefficient (Wildman–Crippen LogP) is -0.516. The summed E-state index contributed by atoms with van der Waals surface area (Å²) in [5, 5.41) is 0. The van der Waals surface area contributed by atoms with Gasteiger partial charge in [0.15, 0.2) is 0 Å². The van der Waals surface area contributed by atoms with Crippen LogP contribution in [0.25, 0.3) is 0 Å². The van der Waals surface area contributed by atoms with Crippen molar-refractivity contribution in [3.63, 3.8) is 0 Å². The van der Waals surface area contributed by atoms with Crippen molar-refractivity contribution in [3.05, 3.63) is 0 Å². The van der Waals surface area contributed by atoms with E-state index in [9.17, 15) is 0 Å². The van der Waals surface area contributed by atoms with E-state index in [1.54, 1.807) is 33.0 Å². The Morgan fingerprint density at radius 1 is 0.900 bits per heavy atom. The summed E-state index contributed by atoms with van der Waals surface area (Å²) in [5.74, 6) is 2.30. The van der Waals surface area contributed by atoms with Gasteiger partial charge in [0.25, 0.3) is 0 Å². The molecule has 0 amide bonds. The van der Waals surface area contributed by atoms with Crippen LogP contribution in [0.3, 0.4) is 0 Å². The molecule has 2 bridgehead atoms. The number of fused-ring (bicyclic) bond motifs is 2. The van der Waals surface area contributed by atoms with Crippen LogP contribution >= 0.6 is 0 Å². The van der Waals surface area contributed by atoms with E-state index in [1.165, 1.54) is 12.8 Å². The summed E-state index contributed by atoms with van der Waals surface area (Å²) in [6.45, 7) is 0. The van der Waals surface area contributed by atoms with Gasteiger partial charge in [0.2, 0.25) is 0 Å². The molecule has 0 N–H and O–H groups in total. The molecule has 0 unspecified atom stereocenters. The first-order valence-corrected chi connectivity index (χ1v) is 4.45. The van der Waals surface area contributed by atoms with Gasteiger partial charge in [-0.1, -0.05) is 50.2 Å². The van der Waals surface area contributed by atoms with Crippen LogP contribution in [0.1, 0.15) is 40.0 Å². The maximum atomic E-state index is 1.58. The molecule has 2 heterocycles. The largest absolute Gasteiger partial charge is 1.00 e. The molecular weight excluding hydrogens is 114 g/mol.